The van der Waals surface area contributed by atoms with Gasteiger partial charge in [-0.1, -0.05) is 40.8 Å². The van der Waals surface area contributed by atoms with Crippen molar-refractivity contribution >= 4 is 11.3 Å². The molecule has 0 bridgehead atoms. The van der Waals surface area contributed by atoms with Crippen LogP contribution in [0.3, 0.4) is 0 Å². The minimum atomic E-state index is 0.0367. The molecule has 0 spiro atoms. The minimum absolute atomic E-state index is 0.0367. The first-order valence-corrected chi connectivity index (χ1v) is 7.82. The number of aryl methyl sites for hydroxylation is 2. The molecule has 6 nitrogen and oxygen atoms in total. The van der Waals surface area contributed by atoms with E-state index in [1.165, 1.54) is 11.3 Å². The number of aromatic nitrogens is 3. The van der Waals surface area contributed by atoms with E-state index in [1.54, 1.807) is 4.57 Å². The fraction of sp³-hybridized carbons (Fsp3) is 0.267. The van der Waals surface area contributed by atoms with Gasteiger partial charge < -0.3 is 14.8 Å². The highest BCUT2D eigenvalue weighted by atomic mass is 32.1. The molecular weight excluding hydrogens is 300 g/mol. The third kappa shape index (κ3) is 3.00. The van der Waals surface area contributed by atoms with Crippen LogP contribution in [0.2, 0.25) is 0 Å². The average molecular weight is 316 g/mol. The highest BCUT2D eigenvalue weighted by molar-refractivity contribution is 7.07. The number of nitrogens with two attached hydrogens (primary N) is 1. The molecule has 0 amide bonds. The smallest absolute Gasteiger partial charge is 0.307 e. The largest absolute Gasteiger partial charge is 0.339 e. The van der Waals surface area contributed by atoms with Crippen molar-refractivity contribution in [2.24, 2.45) is 5.73 Å². The summed E-state index contributed by atoms with van der Waals surface area (Å²) in [6.45, 7) is 2.96. The molecule has 0 unspecified atom stereocenters. The topological polar surface area (TPSA) is 86.9 Å². The Kier molecular flexibility index (Phi) is 4.17. The lowest BCUT2D eigenvalue weighted by Crippen LogP contribution is -2.16. The minimum Gasteiger partial charge on any atom is -0.339 e. The molecule has 0 aliphatic carbocycles. The molecule has 0 saturated heterocycles. The van der Waals surface area contributed by atoms with Gasteiger partial charge >= 0.3 is 4.87 Å². The van der Waals surface area contributed by atoms with Crippen LogP contribution in [-0.2, 0) is 19.5 Å². The average Bonchev–Trinajstić information content (AvgIpc) is 3.13. The predicted molar refractivity (Wildman–Crippen MR) is 84.6 cm³/mol. The summed E-state index contributed by atoms with van der Waals surface area (Å²) in [6.07, 6.45) is 0.533. The van der Waals surface area contributed by atoms with Crippen LogP contribution in [0.4, 0.5) is 0 Å². The lowest BCUT2D eigenvalue weighted by molar-refractivity contribution is 0.371. The zero-order valence-electron chi connectivity index (χ0n) is 12.2. The van der Waals surface area contributed by atoms with Gasteiger partial charge in [-0.3, -0.25) is 4.79 Å². The summed E-state index contributed by atoms with van der Waals surface area (Å²) < 4.78 is 6.97. The van der Waals surface area contributed by atoms with E-state index in [1.807, 2.05) is 36.6 Å². The van der Waals surface area contributed by atoms with Crippen molar-refractivity contribution in [3.8, 4) is 11.4 Å². The van der Waals surface area contributed by atoms with Crippen LogP contribution in [-0.4, -0.2) is 14.7 Å². The quantitative estimate of drug-likeness (QED) is 0.777. The van der Waals surface area contributed by atoms with Crippen molar-refractivity contribution in [3.63, 3.8) is 0 Å². The molecule has 0 aliphatic heterocycles. The molecule has 0 atom stereocenters. The van der Waals surface area contributed by atoms with Crippen molar-refractivity contribution in [1.82, 2.24) is 14.7 Å². The summed E-state index contributed by atoms with van der Waals surface area (Å²) in [6, 6.07) is 7.73. The third-order valence-electron chi connectivity index (χ3n) is 3.44. The van der Waals surface area contributed by atoms with Crippen molar-refractivity contribution in [3.05, 3.63) is 56.5 Å². The molecule has 2 aromatic heterocycles. The van der Waals surface area contributed by atoms with Crippen LogP contribution < -0.4 is 10.6 Å². The first-order chi connectivity index (χ1) is 10.7. The standard InChI is InChI=1S/C15H16N4O2S/c1-10-9-22-15(20)19(10)7-6-13-17-14(18-21-13)12-4-2-11(8-16)3-5-12/h2-5,9H,6-8,16H2,1H3. The summed E-state index contributed by atoms with van der Waals surface area (Å²) in [4.78, 5) is 16.1. The molecule has 2 N–H and O–H groups in total. The molecule has 0 fully saturated rings. The highest BCUT2D eigenvalue weighted by Crippen LogP contribution is 2.17. The number of hydrogen-bond donors (Lipinski definition) is 1. The highest BCUT2D eigenvalue weighted by Gasteiger charge is 2.10. The third-order valence-corrected chi connectivity index (χ3v) is 4.32. The fourth-order valence-electron chi connectivity index (χ4n) is 2.15. The van der Waals surface area contributed by atoms with Crippen molar-refractivity contribution in [2.75, 3.05) is 0 Å². The van der Waals surface area contributed by atoms with Gasteiger partial charge in [0, 0.05) is 36.1 Å². The second-order valence-electron chi connectivity index (χ2n) is 4.96. The monoisotopic (exact) mass is 316 g/mol. The summed E-state index contributed by atoms with van der Waals surface area (Å²) in [5, 5.41) is 5.83. The van der Waals surface area contributed by atoms with Gasteiger partial charge in [-0.25, -0.2) is 0 Å². The molecule has 0 aliphatic rings. The van der Waals surface area contributed by atoms with Crippen molar-refractivity contribution in [2.45, 2.75) is 26.4 Å². The van der Waals surface area contributed by atoms with E-state index < -0.39 is 0 Å². The Labute approximate surface area is 131 Å². The molecule has 0 saturated carbocycles. The SMILES string of the molecule is Cc1csc(=O)n1CCc1nc(-c2ccc(CN)cc2)no1. The van der Waals surface area contributed by atoms with Crippen LogP contribution in [0.15, 0.2) is 39.0 Å². The van der Waals surface area contributed by atoms with Gasteiger partial charge in [-0.05, 0) is 12.5 Å². The Bertz CT molecular complexity index is 817. The molecular formula is C15H16N4O2S. The van der Waals surface area contributed by atoms with Gasteiger partial charge in [0.2, 0.25) is 11.7 Å². The van der Waals surface area contributed by atoms with E-state index in [9.17, 15) is 4.79 Å². The maximum atomic E-state index is 11.7. The molecule has 1 aromatic carbocycles. The molecule has 0 radical (unpaired) electrons. The predicted octanol–water partition coefficient (Wildman–Crippen LogP) is 1.97. The Morgan fingerprint density at radius 1 is 1.32 bits per heavy atom. The summed E-state index contributed by atoms with van der Waals surface area (Å²) in [7, 11) is 0. The Morgan fingerprint density at radius 3 is 2.73 bits per heavy atom. The zero-order valence-corrected chi connectivity index (χ0v) is 13.0. The van der Waals surface area contributed by atoms with Crippen molar-refractivity contribution < 1.29 is 4.52 Å². The first kappa shape index (κ1) is 14.7. The molecule has 2 heterocycles. The fourth-order valence-corrected chi connectivity index (χ4v) is 2.91. The van der Waals surface area contributed by atoms with Gasteiger partial charge in [-0.2, -0.15) is 4.98 Å². The van der Waals surface area contributed by atoms with Crippen LogP contribution in [0, 0.1) is 6.92 Å². The van der Waals surface area contributed by atoms with E-state index in [4.69, 9.17) is 10.3 Å². The Balaban J connectivity index is 1.72. The van der Waals surface area contributed by atoms with E-state index in [2.05, 4.69) is 10.1 Å². The molecule has 3 rings (SSSR count). The number of thiazole rings is 1. The van der Waals surface area contributed by atoms with Gasteiger partial charge in [0.05, 0.1) is 0 Å². The molecule has 3 aromatic rings. The normalized spacial score (nSPS) is 11.0. The lowest BCUT2D eigenvalue weighted by Gasteiger charge is -2.00. The van der Waals surface area contributed by atoms with Crippen molar-refractivity contribution in [1.29, 1.82) is 0 Å². The van der Waals surface area contributed by atoms with E-state index in [0.29, 0.717) is 31.2 Å². The molecule has 114 valence electrons. The number of nitrogens with zero attached hydrogens (tertiary/aromatic N) is 3. The number of hydrogen-bond acceptors (Lipinski definition) is 6. The molecule has 7 heteroatoms. The van der Waals surface area contributed by atoms with E-state index >= 15 is 0 Å². The van der Waals surface area contributed by atoms with Crippen LogP contribution in [0.1, 0.15) is 17.1 Å². The Morgan fingerprint density at radius 2 is 2.09 bits per heavy atom. The lowest BCUT2D eigenvalue weighted by atomic mass is 10.1. The Hall–Kier alpha value is -2.25. The zero-order chi connectivity index (χ0) is 15.5. The van der Waals surface area contributed by atoms with Crippen LogP contribution in [0.5, 0.6) is 0 Å². The van der Waals surface area contributed by atoms with Gasteiger partial charge in [0.25, 0.3) is 0 Å². The van der Waals surface area contributed by atoms with Crippen LogP contribution >= 0.6 is 11.3 Å². The van der Waals surface area contributed by atoms with Gasteiger partial charge in [0.1, 0.15) is 0 Å². The summed E-state index contributed by atoms with van der Waals surface area (Å²) >= 11 is 1.20. The van der Waals surface area contributed by atoms with Crippen LogP contribution in [0.25, 0.3) is 11.4 Å². The number of benzene rings is 1. The van der Waals surface area contributed by atoms with Gasteiger partial charge in [-0.15, -0.1) is 0 Å². The van der Waals surface area contributed by atoms with Gasteiger partial charge in [0.15, 0.2) is 0 Å². The first-order valence-electron chi connectivity index (χ1n) is 6.94. The molecule has 22 heavy (non-hydrogen) atoms. The van der Waals surface area contributed by atoms with E-state index in [-0.39, 0.29) is 4.87 Å². The van der Waals surface area contributed by atoms with E-state index in [0.717, 1.165) is 16.8 Å². The summed E-state index contributed by atoms with van der Waals surface area (Å²) in [5.41, 5.74) is 8.47. The maximum absolute atomic E-state index is 11.7. The second kappa shape index (κ2) is 6.25. The number of rotatable bonds is 5. The maximum Gasteiger partial charge on any atom is 0.307 e. The summed E-state index contributed by atoms with van der Waals surface area (Å²) in [5.74, 6) is 1.07. The second-order valence-corrected chi connectivity index (χ2v) is 5.78.